The van der Waals surface area contributed by atoms with E-state index < -0.39 is 0 Å². The molecule has 2 rings (SSSR count). The highest BCUT2D eigenvalue weighted by atomic mass is 16.5. The minimum atomic E-state index is 0.124. The van der Waals surface area contributed by atoms with Crippen LogP contribution in [0.1, 0.15) is 24.1 Å². The van der Waals surface area contributed by atoms with Gasteiger partial charge in [-0.05, 0) is 36.2 Å². The Morgan fingerprint density at radius 3 is 2.71 bits per heavy atom. The molecule has 1 aromatic heterocycles. The van der Waals surface area contributed by atoms with Crippen molar-refractivity contribution in [1.82, 2.24) is 10.3 Å². The lowest BCUT2D eigenvalue weighted by Gasteiger charge is -2.16. The van der Waals surface area contributed by atoms with Gasteiger partial charge >= 0.3 is 0 Å². The molecule has 0 bridgehead atoms. The molecule has 1 aromatic carbocycles. The predicted octanol–water partition coefficient (Wildman–Crippen LogP) is 2.66. The molecule has 1 heterocycles. The van der Waals surface area contributed by atoms with Crippen LogP contribution in [0.2, 0.25) is 0 Å². The summed E-state index contributed by atoms with van der Waals surface area (Å²) in [7, 11) is 3.14. The van der Waals surface area contributed by atoms with Crippen LogP contribution < -0.4 is 14.8 Å². The van der Waals surface area contributed by atoms with Crippen LogP contribution in [0.3, 0.4) is 0 Å². The summed E-state index contributed by atoms with van der Waals surface area (Å²) in [6, 6.07) is 9.32. The first kappa shape index (κ1) is 15.1. The molecule has 2 aromatic rings. The van der Waals surface area contributed by atoms with Crippen molar-refractivity contribution in [3.05, 3.63) is 47.7 Å². The fourth-order valence-electron chi connectivity index (χ4n) is 2.02. The van der Waals surface area contributed by atoms with Crippen molar-refractivity contribution in [3.8, 4) is 17.4 Å². The molecule has 0 spiro atoms. The number of phenolic OH excluding ortho intramolecular Hbond substituents is 1. The highest BCUT2D eigenvalue weighted by Gasteiger charge is 2.09. The highest BCUT2D eigenvalue weighted by molar-refractivity contribution is 5.42. The summed E-state index contributed by atoms with van der Waals surface area (Å²) in [6.45, 7) is 2.76. The maximum Gasteiger partial charge on any atom is 0.213 e. The molecule has 5 heteroatoms. The van der Waals surface area contributed by atoms with Crippen LogP contribution in [0.25, 0.3) is 0 Å². The minimum absolute atomic E-state index is 0.124. The number of nitrogens with one attached hydrogen (secondary N) is 1. The molecule has 0 aliphatic rings. The second-order valence-corrected chi connectivity index (χ2v) is 4.74. The number of aromatic hydroxyl groups is 1. The highest BCUT2D eigenvalue weighted by Crippen LogP contribution is 2.28. The molecule has 21 heavy (non-hydrogen) atoms. The zero-order valence-electron chi connectivity index (χ0n) is 12.5. The van der Waals surface area contributed by atoms with Gasteiger partial charge in [-0.25, -0.2) is 4.98 Å². The van der Waals surface area contributed by atoms with Gasteiger partial charge in [-0.3, -0.25) is 0 Å². The van der Waals surface area contributed by atoms with E-state index in [1.54, 1.807) is 26.5 Å². The van der Waals surface area contributed by atoms with Crippen LogP contribution in [0.15, 0.2) is 36.5 Å². The number of hydrogen-bond donors (Lipinski definition) is 2. The fourth-order valence-corrected chi connectivity index (χ4v) is 2.02. The zero-order valence-corrected chi connectivity index (χ0v) is 12.5. The molecule has 0 aliphatic carbocycles. The zero-order chi connectivity index (χ0) is 15.2. The van der Waals surface area contributed by atoms with E-state index in [1.807, 2.05) is 24.3 Å². The van der Waals surface area contributed by atoms with E-state index in [4.69, 9.17) is 9.47 Å². The Morgan fingerprint density at radius 2 is 2.00 bits per heavy atom. The van der Waals surface area contributed by atoms with Gasteiger partial charge in [0.05, 0.1) is 14.2 Å². The first-order valence-electron chi connectivity index (χ1n) is 6.73. The van der Waals surface area contributed by atoms with E-state index in [0.717, 1.165) is 11.1 Å². The molecular weight excluding hydrogens is 268 g/mol. The summed E-state index contributed by atoms with van der Waals surface area (Å²) in [5, 5.41) is 13.0. The summed E-state index contributed by atoms with van der Waals surface area (Å²) in [5.74, 6) is 1.23. The summed E-state index contributed by atoms with van der Waals surface area (Å²) < 4.78 is 10.2. The number of nitrogens with zero attached hydrogens (tertiary/aromatic N) is 1. The Kier molecular flexibility index (Phi) is 5.00. The molecule has 0 radical (unpaired) electrons. The van der Waals surface area contributed by atoms with Crippen LogP contribution in [-0.4, -0.2) is 24.3 Å². The molecule has 0 fully saturated rings. The molecule has 1 unspecified atom stereocenters. The van der Waals surface area contributed by atoms with Crippen molar-refractivity contribution in [2.75, 3.05) is 14.2 Å². The van der Waals surface area contributed by atoms with Gasteiger partial charge in [0.25, 0.3) is 0 Å². The Bertz CT molecular complexity index is 602. The quantitative estimate of drug-likeness (QED) is 0.855. The van der Waals surface area contributed by atoms with Gasteiger partial charge in [0.2, 0.25) is 5.88 Å². The van der Waals surface area contributed by atoms with E-state index in [-0.39, 0.29) is 11.8 Å². The molecule has 0 saturated carbocycles. The van der Waals surface area contributed by atoms with Crippen LogP contribution in [0.4, 0.5) is 0 Å². The largest absolute Gasteiger partial charge is 0.504 e. The predicted molar refractivity (Wildman–Crippen MR) is 80.7 cm³/mol. The molecule has 0 saturated heterocycles. The van der Waals surface area contributed by atoms with Gasteiger partial charge < -0.3 is 19.9 Å². The van der Waals surface area contributed by atoms with Crippen molar-refractivity contribution < 1.29 is 14.6 Å². The number of ether oxygens (including phenoxy) is 2. The third kappa shape index (κ3) is 3.86. The number of phenols is 1. The monoisotopic (exact) mass is 288 g/mol. The van der Waals surface area contributed by atoms with Crippen LogP contribution in [-0.2, 0) is 6.54 Å². The lowest BCUT2D eigenvalue weighted by Crippen LogP contribution is -2.18. The van der Waals surface area contributed by atoms with Crippen molar-refractivity contribution in [2.45, 2.75) is 19.5 Å². The van der Waals surface area contributed by atoms with Gasteiger partial charge in [0.1, 0.15) is 0 Å². The van der Waals surface area contributed by atoms with E-state index >= 15 is 0 Å². The molecule has 2 N–H and O–H groups in total. The van der Waals surface area contributed by atoms with Gasteiger partial charge in [0, 0.05) is 24.8 Å². The second kappa shape index (κ2) is 6.95. The molecule has 0 aliphatic heterocycles. The van der Waals surface area contributed by atoms with Crippen molar-refractivity contribution in [2.24, 2.45) is 0 Å². The van der Waals surface area contributed by atoms with E-state index in [1.165, 1.54) is 0 Å². The van der Waals surface area contributed by atoms with Crippen LogP contribution in [0, 0.1) is 0 Å². The topological polar surface area (TPSA) is 63.6 Å². The third-order valence-corrected chi connectivity index (χ3v) is 3.32. The normalized spacial score (nSPS) is 12.0. The summed E-state index contributed by atoms with van der Waals surface area (Å²) in [5.41, 5.74) is 2.14. The number of aromatic nitrogens is 1. The minimum Gasteiger partial charge on any atom is -0.504 e. The summed E-state index contributed by atoms with van der Waals surface area (Å²) in [4.78, 5) is 4.08. The Labute approximate surface area is 124 Å². The molecular formula is C16H20N2O3. The number of methoxy groups -OCH3 is 2. The maximum absolute atomic E-state index is 9.62. The number of rotatable bonds is 6. The van der Waals surface area contributed by atoms with Crippen molar-refractivity contribution in [1.29, 1.82) is 0 Å². The summed E-state index contributed by atoms with van der Waals surface area (Å²) in [6.07, 6.45) is 1.73. The first-order valence-corrected chi connectivity index (χ1v) is 6.73. The van der Waals surface area contributed by atoms with Gasteiger partial charge in [-0.15, -0.1) is 0 Å². The Balaban J connectivity index is 2.02. The molecule has 1 atom stereocenters. The van der Waals surface area contributed by atoms with E-state index in [0.29, 0.717) is 18.2 Å². The van der Waals surface area contributed by atoms with Gasteiger partial charge in [-0.2, -0.15) is 0 Å². The fraction of sp³-hybridized carbons (Fsp3) is 0.312. The smallest absolute Gasteiger partial charge is 0.213 e. The van der Waals surface area contributed by atoms with Crippen LogP contribution in [0.5, 0.6) is 17.4 Å². The van der Waals surface area contributed by atoms with E-state index in [9.17, 15) is 5.11 Å². The Morgan fingerprint density at radius 1 is 1.19 bits per heavy atom. The number of hydrogen-bond acceptors (Lipinski definition) is 5. The maximum atomic E-state index is 9.62. The Hall–Kier alpha value is -2.27. The van der Waals surface area contributed by atoms with Crippen molar-refractivity contribution >= 4 is 0 Å². The van der Waals surface area contributed by atoms with Crippen LogP contribution >= 0.6 is 0 Å². The van der Waals surface area contributed by atoms with Gasteiger partial charge in [-0.1, -0.05) is 6.07 Å². The first-order chi connectivity index (χ1) is 10.1. The SMILES string of the molecule is COc1cc(CNC(C)c2ccc(O)c(OC)c2)ccn1. The molecule has 5 nitrogen and oxygen atoms in total. The number of pyridine rings is 1. The van der Waals surface area contributed by atoms with E-state index in [2.05, 4.69) is 17.2 Å². The second-order valence-electron chi connectivity index (χ2n) is 4.74. The average Bonchev–Trinajstić information content (AvgIpc) is 2.53. The van der Waals surface area contributed by atoms with Crippen molar-refractivity contribution in [3.63, 3.8) is 0 Å². The molecule has 112 valence electrons. The summed E-state index contributed by atoms with van der Waals surface area (Å²) >= 11 is 0. The lowest BCUT2D eigenvalue weighted by atomic mass is 10.1. The molecule has 0 amide bonds. The standard InChI is InChI=1S/C16H20N2O3/c1-11(13-4-5-14(19)15(9-13)20-2)18-10-12-6-7-17-16(8-12)21-3/h4-9,11,18-19H,10H2,1-3H3. The third-order valence-electron chi connectivity index (χ3n) is 3.32. The lowest BCUT2D eigenvalue weighted by molar-refractivity contribution is 0.372. The van der Waals surface area contributed by atoms with Gasteiger partial charge in [0.15, 0.2) is 11.5 Å². The number of benzene rings is 1. The average molecular weight is 288 g/mol.